The van der Waals surface area contributed by atoms with Crippen LogP contribution in [0.15, 0.2) is 12.2 Å². The summed E-state index contributed by atoms with van der Waals surface area (Å²) in [5.41, 5.74) is -0.219. The molecule has 4 atom stereocenters. The molecule has 3 rings (SSSR count). The zero-order chi connectivity index (χ0) is 17.6. The van der Waals surface area contributed by atoms with Crippen LogP contribution >= 0.6 is 0 Å². The minimum Gasteiger partial charge on any atom is -0.417 e. The summed E-state index contributed by atoms with van der Waals surface area (Å²) in [6.07, 6.45) is 6.24. The fourth-order valence-electron chi connectivity index (χ4n) is 3.86. The molecule has 3 aliphatic rings. The van der Waals surface area contributed by atoms with Gasteiger partial charge in [-0.05, 0) is 55.1 Å². The largest absolute Gasteiger partial charge is 0.417 e. The Morgan fingerprint density at radius 1 is 1.35 bits per heavy atom. The van der Waals surface area contributed by atoms with Crippen molar-refractivity contribution in [1.29, 1.82) is 0 Å². The molecule has 2 bridgehead atoms. The predicted molar refractivity (Wildman–Crippen MR) is 99.9 cm³/mol. The number of Topliss-reactive ketones (excluding diaryl/α,β-unsaturated/α-hetero) is 1. The summed E-state index contributed by atoms with van der Waals surface area (Å²) in [7, 11) is -1.72. The second-order valence-corrected chi connectivity index (χ2v) is 14.7. The van der Waals surface area contributed by atoms with Gasteiger partial charge in [-0.3, -0.25) is 4.79 Å². The summed E-state index contributed by atoms with van der Waals surface area (Å²) in [6.45, 7) is 19.2. The van der Waals surface area contributed by atoms with E-state index in [0.29, 0.717) is 29.5 Å². The molecular formula is C20H36O2Si. The van der Waals surface area contributed by atoms with Crippen molar-refractivity contribution < 1.29 is 9.22 Å². The molecule has 0 aromatic rings. The molecular weight excluding hydrogens is 300 g/mol. The van der Waals surface area contributed by atoms with Crippen LogP contribution in [0.4, 0.5) is 0 Å². The Bertz CT molecular complexity index is 486. The van der Waals surface area contributed by atoms with Gasteiger partial charge in [-0.1, -0.05) is 46.8 Å². The van der Waals surface area contributed by atoms with Crippen molar-refractivity contribution in [1.82, 2.24) is 0 Å². The highest BCUT2D eigenvalue weighted by Gasteiger charge is 2.48. The topological polar surface area (TPSA) is 26.3 Å². The highest BCUT2D eigenvalue weighted by molar-refractivity contribution is 6.74. The van der Waals surface area contributed by atoms with Gasteiger partial charge in [-0.2, -0.15) is 0 Å². The maximum atomic E-state index is 12.3. The van der Waals surface area contributed by atoms with Gasteiger partial charge in [0.15, 0.2) is 8.32 Å². The first kappa shape index (κ1) is 18.9. The minimum absolute atomic E-state index is 0.219. The van der Waals surface area contributed by atoms with E-state index in [9.17, 15) is 4.79 Å². The van der Waals surface area contributed by atoms with E-state index in [1.54, 1.807) is 0 Å². The molecule has 0 amide bonds. The fraction of sp³-hybridized carbons (Fsp3) is 0.850. The van der Waals surface area contributed by atoms with E-state index in [1.807, 2.05) is 0 Å². The SMILES string of the molecule is CC(C)[C@@H](CO[Si](C)(C)C(C)(C)C)[C@H]1C[C@]2(C)C=C[C@H]1CC2=O. The van der Waals surface area contributed by atoms with E-state index in [-0.39, 0.29) is 10.5 Å². The maximum absolute atomic E-state index is 12.3. The van der Waals surface area contributed by atoms with E-state index < -0.39 is 8.32 Å². The van der Waals surface area contributed by atoms with Crippen LogP contribution in [0.25, 0.3) is 0 Å². The standard InChI is InChI=1S/C20H36O2Si/c1-14(2)17(13-22-23(7,8)19(3,4)5)16-12-20(6)10-9-15(16)11-18(20)21/h9-10,14-17H,11-13H2,1-8H3/t15-,16-,17+,20-/m0/s1. The van der Waals surface area contributed by atoms with E-state index in [2.05, 4.69) is 66.8 Å². The van der Waals surface area contributed by atoms with Crippen LogP contribution in [-0.4, -0.2) is 20.7 Å². The number of hydrogen-bond acceptors (Lipinski definition) is 2. The second-order valence-electron chi connectivity index (χ2n) is 9.91. The lowest BCUT2D eigenvalue weighted by Gasteiger charge is -2.48. The first-order valence-corrected chi connectivity index (χ1v) is 12.1. The lowest BCUT2D eigenvalue weighted by atomic mass is 9.56. The van der Waals surface area contributed by atoms with Crippen molar-refractivity contribution in [3.63, 3.8) is 0 Å². The van der Waals surface area contributed by atoms with Crippen LogP contribution in [0, 0.1) is 29.1 Å². The van der Waals surface area contributed by atoms with Crippen LogP contribution in [0.2, 0.25) is 18.1 Å². The van der Waals surface area contributed by atoms with Gasteiger partial charge in [0.05, 0.1) is 0 Å². The van der Waals surface area contributed by atoms with Crippen LogP contribution in [0.5, 0.6) is 0 Å². The van der Waals surface area contributed by atoms with Crippen molar-refractivity contribution in [3.8, 4) is 0 Å². The van der Waals surface area contributed by atoms with E-state index >= 15 is 0 Å². The summed E-state index contributed by atoms with van der Waals surface area (Å²) < 4.78 is 6.57. The van der Waals surface area contributed by atoms with Crippen LogP contribution in [-0.2, 0) is 9.22 Å². The van der Waals surface area contributed by atoms with Crippen LogP contribution in [0.3, 0.4) is 0 Å². The Kier molecular flexibility index (Phi) is 5.05. The van der Waals surface area contributed by atoms with Gasteiger partial charge >= 0.3 is 0 Å². The van der Waals surface area contributed by atoms with Crippen LogP contribution in [0.1, 0.15) is 54.4 Å². The van der Waals surface area contributed by atoms with Crippen molar-refractivity contribution in [2.24, 2.45) is 29.1 Å². The van der Waals surface area contributed by atoms with Gasteiger partial charge in [0.25, 0.3) is 0 Å². The molecule has 0 saturated heterocycles. The second kappa shape index (κ2) is 6.14. The van der Waals surface area contributed by atoms with Gasteiger partial charge in [0, 0.05) is 18.4 Å². The molecule has 3 aliphatic carbocycles. The quantitative estimate of drug-likeness (QED) is 0.493. The van der Waals surface area contributed by atoms with Crippen molar-refractivity contribution in [3.05, 3.63) is 12.2 Å². The molecule has 1 saturated carbocycles. The summed E-state index contributed by atoms with van der Waals surface area (Å²) in [6, 6.07) is 0. The molecule has 0 unspecified atom stereocenters. The Morgan fingerprint density at radius 2 is 1.96 bits per heavy atom. The first-order valence-electron chi connectivity index (χ1n) is 9.24. The molecule has 0 N–H and O–H groups in total. The number of rotatable bonds is 5. The molecule has 3 heteroatoms. The van der Waals surface area contributed by atoms with Crippen molar-refractivity contribution >= 4 is 14.1 Å². The van der Waals surface area contributed by atoms with Crippen molar-refractivity contribution in [2.75, 3.05) is 6.61 Å². The molecule has 23 heavy (non-hydrogen) atoms. The Labute approximate surface area is 144 Å². The van der Waals surface area contributed by atoms with Gasteiger partial charge < -0.3 is 4.43 Å². The summed E-state index contributed by atoms with van der Waals surface area (Å²) in [4.78, 5) is 12.3. The average Bonchev–Trinajstić information content (AvgIpc) is 2.39. The van der Waals surface area contributed by atoms with Crippen molar-refractivity contribution in [2.45, 2.75) is 72.5 Å². The summed E-state index contributed by atoms with van der Waals surface area (Å²) in [5.74, 6) is 2.60. The third-order valence-corrected chi connectivity index (χ3v) is 11.3. The number of carbonyl (C=O) groups excluding carboxylic acids is 1. The lowest BCUT2D eigenvalue weighted by Crippen LogP contribution is -2.48. The summed E-state index contributed by atoms with van der Waals surface area (Å²) >= 11 is 0. The first-order chi connectivity index (χ1) is 10.4. The normalized spacial score (nSPS) is 32.7. The van der Waals surface area contributed by atoms with Crippen LogP contribution < -0.4 is 0 Å². The molecule has 1 fully saturated rings. The number of hydrogen-bond donors (Lipinski definition) is 0. The minimum atomic E-state index is -1.72. The zero-order valence-corrected chi connectivity index (χ0v) is 17.4. The van der Waals surface area contributed by atoms with Gasteiger partial charge in [0.1, 0.15) is 5.78 Å². The molecule has 0 aromatic heterocycles. The highest BCUT2D eigenvalue weighted by Crippen LogP contribution is 2.50. The molecule has 0 heterocycles. The van der Waals surface area contributed by atoms with E-state index in [0.717, 1.165) is 19.4 Å². The molecule has 0 aliphatic heterocycles. The van der Waals surface area contributed by atoms with E-state index in [4.69, 9.17) is 4.43 Å². The van der Waals surface area contributed by atoms with E-state index in [1.165, 1.54) is 0 Å². The van der Waals surface area contributed by atoms with Gasteiger partial charge in [-0.25, -0.2) is 0 Å². The Balaban J connectivity index is 2.12. The number of ketones is 1. The molecule has 0 radical (unpaired) electrons. The van der Waals surface area contributed by atoms with Gasteiger partial charge in [0.2, 0.25) is 0 Å². The maximum Gasteiger partial charge on any atom is 0.191 e. The average molecular weight is 337 g/mol. The Hall–Kier alpha value is -0.413. The number of allylic oxidation sites excluding steroid dienone is 2. The Morgan fingerprint density at radius 3 is 2.39 bits per heavy atom. The third kappa shape index (κ3) is 3.66. The highest BCUT2D eigenvalue weighted by atomic mass is 28.4. The number of carbonyl (C=O) groups is 1. The molecule has 0 spiro atoms. The van der Waals surface area contributed by atoms with Gasteiger partial charge in [-0.15, -0.1) is 0 Å². The number of fused-ring (bicyclic) bond motifs is 2. The third-order valence-electron chi connectivity index (χ3n) is 6.83. The monoisotopic (exact) mass is 336 g/mol. The zero-order valence-electron chi connectivity index (χ0n) is 16.4. The molecule has 2 nitrogen and oxygen atoms in total. The molecule has 132 valence electrons. The molecule has 0 aromatic carbocycles. The predicted octanol–water partition coefficient (Wildman–Crippen LogP) is 5.45. The smallest absolute Gasteiger partial charge is 0.191 e. The lowest BCUT2D eigenvalue weighted by molar-refractivity contribution is -0.133. The summed E-state index contributed by atoms with van der Waals surface area (Å²) in [5, 5.41) is 0.252. The fourth-order valence-corrected chi connectivity index (χ4v) is 4.90.